The zero-order valence-electron chi connectivity index (χ0n) is 23.4. The van der Waals surface area contributed by atoms with Gasteiger partial charge in [-0.25, -0.2) is 4.39 Å². The molecule has 1 aliphatic rings. The molecule has 4 heteroatoms. The lowest BCUT2D eigenvalue weighted by atomic mass is 10.0. The van der Waals surface area contributed by atoms with E-state index in [4.69, 9.17) is 0 Å². The zero-order valence-corrected chi connectivity index (χ0v) is 23.4. The summed E-state index contributed by atoms with van der Waals surface area (Å²) in [6.07, 6.45) is 10.5. The number of hydrogen-bond donors (Lipinski definition) is 2. The molecule has 1 saturated heterocycles. The number of nitrogens with one attached hydrogen (secondary N) is 2. The summed E-state index contributed by atoms with van der Waals surface area (Å²) < 4.78 is 14.0. The Morgan fingerprint density at radius 3 is 2.41 bits per heavy atom. The first-order valence-electron chi connectivity index (χ1n) is 13.4. The summed E-state index contributed by atoms with van der Waals surface area (Å²) in [4.78, 5) is 2.53. The van der Waals surface area contributed by atoms with Gasteiger partial charge in [-0.1, -0.05) is 49.9 Å². The topological polar surface area (TPSA) is 27.3 Å². The molecule has 0 unspecified atom stereocenters. The van der Waals surface area contributed by atoms with E-state index in [2.05, 4.69) is 54.3 Å². The van der Waals surface area contributed by atoms with Gasteiger partial charge < -0.3 is 15.5 Å². The fourth-order valence-corrected chi connectivity index (χ4v) is 4.48. The van der Waals surface area contributed by atoms with Gasteiger partial charge in [-0.3, -0.25) is 0 Å². The highest BCUT2D eigenvalue weighted by atomic mass is 19.1. The minimum atomic E-state index is -0.149. The predicted molar refractivity (Wildman–Crippen MR) is 160 cm³/mol. The molecule has 0 radical (unpaired) electrons. The molecule has 1 heterocycles. The van der Waals surface area contributed by atoms with Crippen LogP contribution >= 0.6 is 0 Å². The fraction of sp³-hybridized carbons (Fsp3) is 0.394. The summed E-state index contributed by atoms with van der Waals surface area (Å²) in [5, 5.41) is 6.62. The Hall–Kier alpha value is -3.11. The molecule has 0 bridgehead atoms. The van der Waals surface area contributed by atoms with Crippen LogP contribution in [-0.4, -0.2) is 31.6 Å². The molecule has 0 amide bonds. The van der Waals surface area contributed by atoms with Crippen molar-refractivity contribution in [2.75, 3.05) is 32.0 Å². The third kappa shape index (κ3) is 10.0. The van der Waals surface area contributed by atoms with Crippen LogP contribution in [0, 0.1) is 19.7 Å². The van der Waals surface area contributed by atoms with Gasteiger partial charge in [0.1, 0.15) is 5.82 Å². The average molecular weight is 504 g/mol. The summed E-state index contributed by atoms with van der Waals surface area (Å²) in [5.74, 6) is -0.149. The quantitative estimate of drug-likeness (QED) is 0.239. The molecule has 0 saturated carbocycles. The molecule has 0 aliphatic carbocycles. The Kier molecular flexibility index (Phi) is 12.9. The Morgan fingerprint density at radius 2 is 1.78 bits per heavy atom. The molecule has 3 rings (SSSR count). The predicted octanol–water partition coefficient (Wildman–Crippen LogP) is 8.19. The lowest BCUT2D eigenvalue weighted by molar-refractivity contribution is 0.233. The second kappa shape index (κ2) is 15.9. The molecular weight excluding hydrogens is 457 g/mol. The Labute approximate surface area is 224 Å². The Bertz CT molecular complexity index is 1080. The van der Waals surface area contributed by atoms with Crippen molar-refractivity contribution in [2.45, 2.75) is 59.3 Å². The number of allylic oxidation sites excluding steroid dienone is 3. The van der Waals surface area contributed by atoms with Crippen molar-refractivity contribution in [2.24, 2.45) is 0 Å². The van der Waals surface area contributed by atoms with Crippen LogP contribution in [0.1, 0.15) is 61.3 Å². The first-order chi connectivity index (χ1) is 17.8. The van der Waals surface area contributed by atoms with Gasteiger partial charge in [-0.2, -0.15) is 0 Å². The van der Waals surface area contributed by atoms with Crippen LogP contribution in [0.3, 0.4) is 0 Å². The maximum Gasteiger partial charge on any atom is 0.126 e. The first-order valence-corrected chi connectivity index (χ1v) is 13.4. The number of likely N-dealkylation sites (tertiary alicyclic amines) is 1. The number of anilines is 1. The lowest BCUT2D eigenvalue weighted by Crippen LogP contribution is -2.30. The van der Waals surface area contributed by atoms with Gasteiger partial charge in [-0.05, 0) is 106 Å². The van der Waals surface area contributed by atoms with Crippen LogP contribution < -0.4 is 10.6 Å². The highest BCUT2D eigenvalue weighted by Crippen LogP contribution is 2.25. The maximum atomic E-state index is 14.0. The van der Waals surface area contributed by atoms with Crippen LogP contribution in [0.5, 0.6) is 0 Å². The second-order valence-electron chi connectivity index (χ2n) is 9.84. The van der Waals surface area contributed by atoms with Crippen LogP contribution in [0.4, 0.5) is 10.1 Å². The second-order valence-corrected chi connectivity index (χ2v) is 9.84. The number of benzene rings is 2. The summed E-state index contributed by atoms with van der Waals surface area (Å²) in [5.41, 5.74) is 7.93. The van der Waals surface area contributed by atoms with E-state index in [0.717, 1.165) is 45.8 Å². The standard InChI is InChI=1S/C24H29FN2.C9H17N/c1-7-17(3)24(26-6)22-15-21(13-9-18(22)4)27-19(5)10-12-20-11-8-16(2)14-23(20)25;1-2-3-7-10-8-5-4-6-9-10/h7-9,11,13-15,26-27H,1,5,10,12H2,2-4,6H3;2H,1,3-9H2/b24-17-;. The van der Waals surface area contributed by atoms with Gasteiger partial charge in [0.05, 0.1) is 0 Å². The molecule has 1 fully saturated rings. The molecule has 2 N–H and O–H groups in total. The molecule has 0 spiro atoms. The smallest absolute Gasteiger partial charge is 0.126 e. The molecule has 3 nitrogen and oxygen atoms in total. The third-order valence-electron chi connectivity index (χ3n) is 6.78. The highest BCUT2D eigenvalue weighted by Gasteiger charge is 2.09. The first kappa shape index (κ1) is 30.1. The molecule has 1 aliphatic heterocycles. The molecular formula is C33H46FN3. The van der Waals surface area contributed by atoms with E-state index in [-0.39, 0.29) is 5.82 Å². The number of aryl methyl sites for hydroxylation is 3. The zero-order chi connectivity index (χ0) is 27.2. The number of piperidine rings is 1. The number of nitrogens with zero attached hydrogens (tertiary/aromatic N) is 1. The number of halogens is 1. The van der Waals surface area contributed by atoms with Crippen LogP contribution in [0.2, 0.25) is 0 Å². The summed E-state index contributed by atoms with van der Waals surface area (Å²) in [7, 11) is 1.91. The maximum absolute atomic E-state index is 14.0. The van der Waals surface area contributed by atoms with Gasteiger partial charge in [0.2, 0.25) is 0 Å². The van der Waals surface area contributed by atoms with E-state index in [1.54, 1.807) is 6.07 Å². The summed E-state index contributed by atoms with van der Waals surface area (Å²) in [6.45, 7) is 21.6. The van der Waals surface area contributed by atoms with E-state index in [0.29, 0.717) is 12.8 Å². The fourth-order valence-electron chi connectivity index (χ4n) is 4.48. The number of rotatable bonds is 11. The van der Waals surface area contributed by atoms with E-state index < -0.39 is 0 Å². The lowest BCUT2D eigenvalue weighted by Gasteiger charge is -2.25. The van der Waals surface area contributed by atoms with Crippen LogP contribution in [-0.2, 0) is 6.42 Å². The minimum absolute atomic E-state index is 0.149. The molecule has 0 atom stereocenters. The van der Waals surface area contributed by atoms with Crippen LogP contribution in [0.25, 0.3) is 5.70 Å². The van der Waals surface area contributed by atoms with E-state index in [1.807, 2.05) is 51.2 Å². The Balaban J connectivity index is 0.000000402. The van der Waals surface area contributed by atoms with Crippen molar-refractivity contribution in [1.82, 2.24) is 10.2 Å². The molecule has 0 aromatic heterocycles. The monoisotopic (exact) mass is 503 g/mol. The molecule has 2 aromatic carbocycles. The van der Waals surface area contributed by atoms with Gasteiger partial charge in [-0.15, -0.1) is 6.58 Å². The normalized spacial score (nSPS) is 14.1. The molecule has 37 heavy (non-hydrogen) atoms. The van der Waals surface area contributed by atoms with Gasteiger partial charge in [0.15, 0.2) is 0 Å². The van der Waals surface area contributed by atoms with Crippen LogP contribution in [0.15, 0.2) is 79.6 Å². The molecule has 2 aromatic rings. The summed E-state index contributed by atoms with van der Waals surface area (Å²) >= 11 is 0. The van der Waals surface area contributed by atoms with Crippen molar-refractivity contribution in [3.05, 3.63) is 108 Å². The molecule has 200 valence electrons. The van der Waals surface area contributed by atoms with Gasteiger partial charge in [0.25, 0.3) is 0 Å². The van der Waals surface area contributed by atoms with Crippen molar-refractivity contribution in [3.63, 3.8) is 0 Å². The van der Waals surface area contributed by atoms with E-state index in [9.17, 15) is 4.39 Å². The third-order valence-corrected chi connectivity index (χ3v) is 6.78. The van der Waals surface area contributed by atoms with Gasteiger partial charge in [0, 0.05) is 36.2 Å². The Morgan fingerprint density at radius 1 is 1.05 bits per heavy atom. The van der Waals surface area contributed by atoms with Crippen molar-refractivity contribution >= 4 is 11.4 Å². The summed E-state index contributed by atoms with van der Waals surface area (Å²) in [6, 6.07) is 11.6. The average Bonchev–Trinajstić information content (AvgIpc) is 2.90. The van der Waals surface area contributed by atoms with E-state index >= 15 is 0 Å². The van der Waals surface area contributed by atoms with Gasteiger partial charge >= 0.3 is 0 Å². The van der Waals surface area contributed by atoms with Crippen molar-refractivity contribution in [3.8, 4) is 0 Å². The highest BCUT2D eigenvalue weighted by molar-refractivity contribution is 5.74. The van der Waals surface area contributed by atoms with Crippen molar-refractivity contribution in [1.29, 1.82) is 0 Å². The minimum Gasteiger partial charge on any atom is -0.387 e. The largest absolute Gasteiger partial charge is 0.387 e. The van der Waals surface area contributed by atoms with Crippen molar-refractivity contribution < 1.29 is 4.39 Å². The SMILES string of the molecule is C=C/C(C)=C(\NC)c1cc(NC(=C)CCc2ccc(C)cc2F)ccc1C.C=CCCN1CCCCC1. The number of hydrogen-bond acceptors (Lipinski definition) is 3. The van der Waals surface area contributed by atoms with E-state index in [1.165, 1.54) is 44.5 Å².